The zero-order valence-corrected chi connectivity index (χ0v) is 8.79. The Balaban J connectivity index is 2.28. The van der Waals surface area contributed by atoms with Crippen molar-refractivity contribution in [3.05, 3.63) is 29.6 Å². The third kappa shape index (κ3) is 2.03. The summed E-state index contributed by atoms with van der Waals surface area (Å²) in [6.45, 7) is 0. The number of benzene rings is 1. The second kappa shape index (κ2) is 4.30. The quantitative estimate of drug-likeness (QED) is 0.823. The SMILES string of the molecule is COc1ccc(C2=NNC(=O)CC2)cc1F. The van der Waals surface area contributed by atoms with Crippen LogP contribution in [0.5, 0.6) is 5.75 Å². The average Bonchev–Trinajstić information content (AvgIpc) is 2.30. The third-order valence-electron chi connectivity index (χ3n) is 2.39. The van der Waals surface area contributed by atoms with E-state index in [1.54, 1.807) is 12.1 Å². The summed E-state index contributed by atoms with van der Waals surface area (Å²) in [4.78, 5) is 10.9. The maximum absolute atomic E-state index is 13.4. The van der Waals surface area contributed by atoms with Crippen LogP contribution >= 0.6 is 0 Å². The summed E-state index contributed by atoms with van der Waals surface area (Å²) in [7, 11) is 1.41. The van der Waals surface area contributed by atoms with E-state index in [1.165, 1.54) is 13.2 Å². The number of hydrazone groups is 1. The molecule has 0 bridgehead atoms. The number of carbonyl (C=O) groups excluding carboxylic acids is 1. The van der Waals surface area contributed by atoms with Crippen molar-refractivity contribution in [2.24, 2.45) is 5.10 Å². The molecule has 0 atom stereocenters. The lowest BCUT2D eigenvalue weighted by Gasteiger charge is -2.12. The van der Waals surface area contributed by atoms with E-state index in [9.17, 15) is 9.18 Å². The fraction of sp³-hybridized carbons (Fsp3) is 0.273. The Morgan fingerprint density at radius 3 is 2.81 bits per heavy atom. The number of carbonyl (C=O) groups is 1. The Labute approximate surface area is 92.1 Å². The Hall–Kier alpha value is -1.91. The van der Waals surface area contributed by atoms with Gasteiger partial charge in [-0.3, -0.25) is 4.79 Å². The second-order valence-corrected chi connectivity index (χ2v) is 3.44. The van der Waals surface area contributed by atoms with Crippen LogP contribution in [-0.2, 0) is 4.79 Å². The molecule has 1 aliphatic rings. The summed E-state index contributed by atoms with van der Waals surface area (Å²) < 4.78 is 18.2. The van der Waals surface area contributed by atoms with Gasteiger partial charge in [-0.2, -0.15) is 5.10 Å². The highest BCUT2D eigenvalue weighted by molar-refractivity contribution is 6.04. The van der Waals surface area contributed by atoms with E-state index >= 15 is 0 Å². The Kier molecular flexibility index (Phi) is 2.85. The van der Waals surface area contributed by atoms with E-state index in [1.807, 2.05) is 0 Å². The molecule has 1 N–H and O–H groups in total. The number of nitrogens with one attached hydrogen (secondary N) is 1. The minimum absolute atomic E-state index is 0.113. The first kappa shape index (κ1) is 10.6. The maximum Gasteiger partial charge on any atom is 0.240 e. The van der Waals surface area contributed by atoms with Gasteiger partial charge in [-0.1, -0.05) is 0 Å². The standard InChI is InChI=1S/C11H11FN2O2/c1-16-10-4-2-7(6-8(10)12)9-3-5-11(15)14-13-9/h2,4,6H,3,5H2,1H3,(H,14,15). The lowest BCUT2D eigenvalue weighted by molar-refractivity contribution is -0.121. The first-order valence-corrected chi connectivity index (χ1v) is 4.90. The van der Waals surface area contributed by atoms with Crippen molar-refractivity contribution in [2.75, 3.05) is 7.11 Å². The normalized spacial score (nSPS) is 15.4. The van der Waals surface area contributed by atoms with Gasteiger partial charge in [-0.05, 0) is 18.2 Å². The number of amides is 1. The van der Waals surface area contributed by atoms with Crippen molar-refractivity contribution in [3.63, 3.8) is 0 Å². The van der Waals surface area contributed by atoms with E-state index in [4.69, 9.17) is 4.74 Å². The molecule has 4 nitrogen and oxygen atoms in total. The van der Waals surface area contributed by atoms with E-state index in [0.29, 0.717) is 24.1 Å². The Morgan fingerprint density at radius 1 is 1.44 bits per heavy atom. The average molecular weight is 222 g/mol. The van der Waals surface area contributed by atoms with Gasteiger partial charge in [0.1, 0.15) is 0 Å². The predicted molar refractivity (Wildman–Crippen MR) is 56.9 cm³/mol. The molecule has 0 fully saturated rings. The van der Waals surface area contributed by atoms with Gasteiger partial charge in [0.2, 0.25) is 5.91 Å². The van der Waals surface area contributed by atoms with Gasteiger partial charge < -0.3 is 4.74 Å². The molecule has 1 aromatic carbocycles. The first-order chi connectivity index (χ1) is 7.70. The van der Waals surface area contributed by atoms with Crippen molar-refractivity contribution in [1.29, 1.82) is 0 Å². The maximum atomic E-state index is 13.4. The molecule has 1 aliphatic heterocycles. The molecule has 16 heavy (non-hydrogen) atoms. The molecule has 0 unspecified atom stereocenters. The van der Waals surface area contributed by atoms with Crippen LogP contribution in [-0.4, -0.2) is 18.7 Å². The molecule has 1 amide bonds. The van der Waals surface area contributed by atoms with E-state index in [0.717, 1.165) is 0 Å². The summed E-state index contributed by atoms with van der Waals surface area (Å²) in [5.41, 5.74) is 3.72. The zero-order valence-electron chi connectivity index (χ0n) is 8.79. The van der Waals surface area contributed by atoms with Crippen LogP contribution in [0.15, 0.2) is 23.3 Å². The number of methoxy groups -OCH3 is 1. The van der Waals surface area contributed by atoms with Gasteiger partial charge in [-0.15, -0.1) is 0 Å². The van der Waals surface area contributed by atoms with Crippen molar-refractivity contribution in [1.82, 2.24) is 5.43 Å². The topological polar surface area (TPSA) is 50.7 Å². The molecule has 1 heterocycles. The fourth-order valence-electron chi connectivity index (χ4n) is 1.53. The summed E-state index contributed by atoms with van der Waals surface area (Å²) in [5.74, 6) is -0.346. The van der Waals surface area contributed by atoms with Crippen molar-refractivity contribution >= 4 is 11.6 Å². The largest absolute Gasteiger partial charge is 0.494 e. The smallest absolute Gasteiger partial charge is 0.240 e. The van der Waals surface area contributed by atoms with Crippen LogP contribution in [0.25, 0.3) is 0 Å². The summed E-state index contributed by atoms with van der Waals surface area (Å²) in [5, 5.41) is 3.89. The number of halogens is 1. The van der Waals surface area contributed by atoms with Gasteiger partial charge >= 0.3 is 0 Å². The molecule has 1 aromatic rings. The summed E-state index contributed by atoms with van der Waals surface area (Å²) in [6.07, 6.45) is 0.907. The number of hydrogen-bond donors (Lipinski definition) is 1. The Morgan fingerprint density at radius 2 is 2.25 bits per heavy atom. The number of ether oxygens (including phenoxy) is 1. The highest BCUT2D eigenvalue weighted by Crippen LogP contribution is 2.19. The van der Waals surface area contributed by atoms with Crippen LogP contribution in [0.2, 0.25) is 0 Å². The fourth-order valence-corrected chi connectivity index (χ4v) is 1.53. The van der Waals surface area contributed by atoms with Gasteiger partial charge in [0.15, 0.2) is 11.6 Å². The minimum atomic E-state index is -0.431. The van der Waals surface area contributed by atoms with Gasteiger partial charge in [0.25, 0.3) is 0 Å². The molecular formula is C11H11FN2O2. The zero-order chi connectivity index (χ0) is 11.5. The second-order valence-electron chi connectivity index (χ2n) is 3.44. The molecule has 5 heteroatoms. The monoisotopic (exact) mass is 222 g/mol. The number of rotatable bonds is 2. The van der Waals surface area contributed by atoms with Crippen LogP contribution in [0, 0.1) is 5.82 Å². The highest BCUT2D eigenvalue weighted by atomic mass is 19.1. The minimum Gasteiger partial charge on any atom is -0.494 e. The van der Waals surface area contributed by atoms with Gasteiger partial charge in [-0.25, -0.2) is 9.82 Å². The molecule has 0 aromatic heterocycles. The van der Waals surface area contributed by atoms with E-state index in [2.05, 4.69) is 10.5 Å². The van der Waals surface area contributed by atoms with Gasteiger partial charge in [0.05, 0.1) is 12.8 Å². The van der Waals surface area contributed by atoms with Crippen LogP contribution in [0.1, 0.15) is 18.4 Å². The number of nitrogens with zero attached hydrogens (tertiary/aromatic N) is 1. The Bertz CT molecular complexity index is 457. The molecular weight excluding hydrogens is 211 g/mol. The first-order valence-electron chi connectivity index (χ1n) is 4.90. The summed E-state index contributed by atoms with van der Waals surface area (Å²) in [6, 6.07) is 4.62. The molecule has 0 saturated carbocycles. The lowest BCUT2D eigenvalue weighted by atomic mass is 10.0. The van der Waals surface area contributed by atoms with Crippen LogP contribution in [0.4, 0.5) is 4.39 Å². The van der Waals surface area contributed by atoms with E-state index in [-0.39, 0.29) is 11.7 Å². The van der Waals surface area contributed by atoms with Crippen molar-refractivity contribution in [2.45, 2.75) is 12.8 Å². The number of hydrogen-bond acceptors (Lipinski definition) is 3. The molecule has 0 radical (unpaired) electrons. The van der Waals surface area contributed by atoms with Crippen molar-refractivity contribution in [3.8, 4) is 5.75 Å². The third-order valence-corrected chi connectivity index (χ3v) is 2.39. The van der Waals surface area contributed by atoms with Crippen LogP contribution < -0.4 is 10.2 Å². The molecule has 0 spiro atoms. The lowest BCUT2D eigenvalue weighted by Crippen LogP contribution is -2.25. The molecule has 84 valence electrons. The predicted octanol–water partition coefficient (Wildman–Crippen LogP) is 1.45. The summed E-state index contributed by atoms with van der Waals surface area (Å²) >= 11 is 0. The van der Waals surface area contributed by atoms with Crippen LogP contribution in [0.3, 0.4) is 0 Å². The molecule has 0 saturated heterocycles. The van der Waals surface area contributed by atoms with Crippen molar-refractivity contribution < 1.29 is 13.9 Å². The van der Waals surface area contributed by atoms with Gasteiger partial charge in [0, 0.05) is 18.4 Å². The molecule has 2 rings (SSSR count). The molecule has 0 aliphatic carbocycles. The van der Waals surface area contributed by atoms with E-state index < -0.39 is 5.82 Å². The highest BCUT2D eigenvalue weighted by Gasteiger charge is 2.14.